The molecule has 0 aromatic rings. The Morgan fingerprint density at radius 3 is 1.89 bits per heavy atom. The molecule has 0 heterocycles. The molecule has 2 fully saturated rings. The first kappa shape index (κ1) is 15.7. The molecule has 2 saturated carbocycles. The number of fused-ring (bicyclic) bond motifs is 2. The fourth-order valence-electron chi connectivity index (χ4n) is 4.12. The Hall–Kier alpha value is 0.274. The summed E-state index contributed by atoms with van der Waals surface area (Å²) in [6, 6.07) is 0. The van der Waals surface area contributed by atoms with Crippen molar-refractivity contribution in [2.24, 2.45) is 11.8 Å². The summed E-state index contributed by atoms with van der Waals surface area (Å²) in [7, 11) is 2.76. The highest BCUT2D eigenvalue weighted by Gasteiger charge is 2.58. The van der Waals surface area contributed by atoms with Crippen LogP contribution in [0.25, 0.3) is 0 Å². The van der Waals surface area contributed by atoms with Gasteiger partial charge in [-0.1, -0.05) is 12.8 Å². The van der Waals surface area contributed by atoms with Gasteiger partial charge in [0.15, 0.2) is 0 Å². The zero-order chi connectivity index (χ0) is 14.1. The number of hydrogen-bond donors (Lipinski definition) is 0. The summed E-state index contributed by atoms with van der Waals surface area (Å²) < 4.78 is 23.4. The third kappa shape index (κ3) is 2.84. The van der Waals surface area contributed by atoms with E-state index in [-0.39, 0.29) is 0 Å². The van der Waals surface area contributed by atoms with Crippen LogP contribution >= 0.6 is 0 Å². The first-order valence-corrected chi connectivity index (χ1v) is 11.9. The Morgan fingerprint density at radius 2 is 1.53 bits per heavy atom. The second-order valence-electron chi connectivity index (χ2n) is 6.22. The van der Waals surface area contributed by atoms with E-state index in [1.165, 1.54) is 25.7 Å². The molecular weight excluding hydrogens is 276 g/mol. The van der Waals surface area contributed by atoms with Crippen LogP contribution in [0.4, 0.5) is 0 Å². The second-order valence-corrected chi connectivity index (χ2v) is 13.9. The molecule has 112 valence electrons. The maximum absolute atomic E-state index is 6.01. The molecular formula is C13H28O4Si2. The summed E-state index contributed by atoms with van der Waals surface area (Å²) in [4.78, 5) is 0. The van der Waals surface area contributed by atoms with Crippen molar-refractivity contribution in [3.8, 4) is 0 Å². The van der Waals surface area contributed by atoms with E-state index in [0.29, 0.717) is 5.54 Å². The summed E-state index contributed by atoms with van der Waals surface area (Å²) in [5, 5.41) is 0. The molecule has 3 unspecified atom stereocenters. The van der Waals surface area contributed by atoms with Gasteiger partial charge in [-0.2, -0.15) is 0 Å². The molecule has 2 bridgehead atoms. The van der Waals surface area contributed by atoms with Crippen molar-refractivity contribution < 1.29 is 17.7 Å². The topological polar surface area (TPSA) is 36.9 Å². The smallest absolute Gasteiger partial charge is 0.343 e. The van der Waals surface area contributed by atoms with Crippen LogP contribution in [0.2, 0.25) is 17.8 Å². The predicted octanol–water partition coefficient (Wildman–Crippen LogP) is 2.82. The van der Waals surface area contributed by atoms with Gasteiger partial charge >= 0.3 is 17.1 Å². The van der Waals surface area contributed by atoms with Crippen LogP contribution in [-0.2, 0) is 17.7 Å². The van der Waals surface area contributed by atoms with Crippen molar-refractivity contribution in [2.75, 3.05) is 28.4 Å². The predicted molar refractivity (Wildman–Crippen MR) is 79.4 cm³/mol. The zero-order valence-electron chi connectivity index (χ0n) is 12.9. The van der Waals surface area contributed by atoms with Crippen LogP contribution < -0.4 is 0 Å². The highest BCUT2D eigenvalue weighted by Crippen LogP contribution is 2.56. The molecule has 4 nitrogen and oxygen atoms in total. The van der Waals surface area contributed by atoms with Crippen molar-refractivity contribution in [3.63, 3.8) is 0 Å². The molecule has 2 aliphatic carbocycles. The van der Waals surface area contributed by atoms with Gasteiger partial charge in [0.1, 0.15) is 0 Å². The van der Waals surface area contributed by atoms with Gasteiger partial charge in [0.25, 0.3) is 0 Å². The average molecular weight is 305 g/mol. The Labute approximate surface area is 119 Å². The monoisotopic (exact) mass is 304 g/mol. The SMILES string of the molecule is CO[Si](C)(C[Si](OC)(OC)C1CC2CCC1C2)OC. The van der Waals surface area contributed by atoms with Crippen molar-refractivity contribution in [1.29, 1.82) is 0 Å². The van der Waals surface area contributed by atoms with Gasteiger partial charge in [-0.05, 0) is 31.2 Å². The fourth-order valence-corrected chi connectivity index (χ4v) is 13.7. The van der Waals surface area contributed by atoms with Gasteiger partial charge < -0.3 is 17.7 Å². The van der Waals surface area contributed by atoms with E-state index in [2.05, 4.69) is 6.55 Å². The average Bonchev–Trinajstić information content (AvgIpc) is 3.07. The molecule has 0 saturated heterocycles. The van der Waals surface area contributed by atoms with E-state index in [4.69, 9.17) is 17.7 Å². The molecule has 0 aromatic carbocycles. The van der Waals surface area contributed by atoms with Crippen molar-refractivity contribution in [1.82, 2.24) is 0 Å². The fraction of sp³-hybridized carbons (Fsp3) is 1.00. The lowest BCUT2D eigenvalue weighted by molar-refractivity contribution is 0.202. The van der Waals surface area contributed by atoms with Crippen LogP contribution in [0.1, 0.15) is 25.7 Å². The van der Waals surface area contributed by atoms with Crippen LogP contribution in [-0.4, -0.2) is 45.6 Å². The molecule has 0 aliphatic heterocycles. The van der Waals surface area contributed by atoms with Gasteiger partial charge in [-0.15, -0.1) is 0 Å². The lowest BCUT2D eigenvalue weighted by Crippen LogP contribution is -2.55. The molecule has 0 aromatic heterocycles. The summed E-state index contributed by atoms with van der Waals surface area (Å²) in [6.07, 6.45) is 5.43. The molecule has 2 rings (SSSR count). The van der Waals surface area contributed by atoms with Gasteiger partial charge in [0, 0.05) is 39.6 Å². The van der Waals surface area contributed by atoms with Gasteiger partial charge in [0.2, 0.25) is 0 Å². The lowest BCUT2D eigenvalue weighted by atomic mass is 10.0. The third-order valence-corrected chi connectivity index (χ3v) is 14.9. The Bertz CT molecular complexity index is 305. The first-order valence-electron chi connectivity index (χ1n) is 7.23. The quantitative estimate of drug-likeness (QED) is 0.678. The largest absolute Gasteiger partial charge is 0.398 e. The first-order chi connectivity index (χ1) is 9.02. The van der Waals surface area contributed by atoms with Gasteiger partial charge in [0.05, 0.1) is 0 Å². The zero-order valence-corrected chi connectivity index (χ0v) is 14.9. The molecule has 0 spiro atoms. The van der Waals surface area contributed by atoms with Gasteiger partial charge in [-0.3, -0.25) is 0 Å². The maximum atomic E-state index is 6.01. The van der Waals surface area contributed by atoms with Crippen molar-refractivity contribution in [3.05, 3.63) is 0 Å². The van der Waals surface area contributed by atoms with E-state index in [1.54, 1.807) is 14.2 Å². The van der Waals surface area contributed by atoms with Crippen molar-refractivity contribution >= 4 is 17.1 Å². The van der Waals surface area contributed by atoms with Crippen LogP contribution in [0.15, 0.2) is 0 Å². The highest BCUT2D eigenvalue weighted by molar-refractivity contribution is 6.86. The summed E-state index contributed by atoms with van der Waals surface area (Å²) in [5.41, 5.74) is 1.49. The number of hydrogen-bond acceptors (Lipinski definition) is 4. The molecule has 0 N–H and O–H groups in total. The minimum absolute atomic E-state index is 0.623. The second kappa shape index (κ2) is 5.95. The standard InChI is InChI=1S/C13H28O4Si2/c1-14-18(5,15-2)10-19(16-3,17-4)13-9-11-6-7-12(13)8-11/h11-13H,6-10H2,1-5H3. The molecule has 3 atom stereocenters. The highest BCUT2D eigenvalue weighted by atomic mass is 28.4. The van der Waals surface area contributed by atoms with E-state index < -0.39 is 17.1 Å². The Balaban J connectivity index is 2.17. The lowest BCUT2D eigenvalue weighted by Gasteiger charge is -2.40. The normalized spacial score (nSPS) is 31.1. The van der Waals surface area contributed by atoms with Crippen molar-refractivity contribution in [2.45, 2.75) is 43.4 Å². The van der Waals surface area contributed by atoms with E-state index in [9.17, 15) is 0 Å². The summed E-state index contributed by atoms with van der Waals surface area (Å²) in [6.45, 7) is 2.11. The maximum Gasteiger partial charge on any atom is 0.343 e. The minimum Gasteiger partial charge on any atom is -0.398 e. The molecule has 19 heavy (non-hydrogen) atoms. The summed E-state index contributed by atoms with van der Waals surface area (Å²) in [5.74, 6) is 1.72. The summed E-state index contributed by atoms with van der Waals surface area (Å²) >= 11 is 0. The molecule has 6 heteroatoms. The van der Waals surface area contributed by atoms with Gasteiger partial charge in [-0.25, -0.2) is 0 Å². The van der Waals surface area contributed by atoms with Crippen LogP contribution in [0.5, 0.6) is 0 Å². The van der Waals surface area contributed by atoms with E-state index >= 15 is 0 Å². The Morgan fingerprint density at radius 1 is 0.895 bits per heavy atom. The van der Waals surface area contributed by atoms with Crippen LogP contribution in [0, 0.1) is 11.8 Å². The number of rotatable bonds is 7. The third-order valence-electron chi connectivity index (χ3n) is 5.43. The van der Waals surface area contributed by atoms with Crippen LogP contribution in [0.3, 0.4) is 0 Å². The van der Waals surface area contributed by atoms with E-state index in [1.807, 2.05) is 14.2 Å². The molecule has 2 aliphatic rings. The molecule has 0 amide bonds. The molecule has 0 radical (unpaired) electrons. The van der Waals surface area contributed by atoms with E-state index in [0.717, 1.165) is 17.5 Å². The minimum atomic E-state index is -2.23. The Kier molecular flexibility index (Phi) is 4.90.